The molecule has 0 saturated heterocycles. The SMILES string of the molecule is CN(Cc1ccc(I)cc1)C1CCCCCC1. The third-order valence-electron chi connectivity index (χ3n) is 3.79. The monoisotopic (exact) mass is 343 g/mol. The molecule has 1 nitrogen and oxygen atoms in total. The summed E-state index contributed by atoms with van der Waals surface area (Å²) >= 11 is 2.36. The number of nitrogens with zero attached hydrogens (tertiary/aromatic N) is 1. The lowest BCUT2D eigenvalue weighted by Gasteiger charge is -2.27. The quantitative estimate of drug-likeness (QED) is 0.579. The third-order valence-corrected chi connectivity index (χ3v) is 4.51. The van der Waals surface area contributed by atoms with E-state index in [1.165, 1.54) is 47.7 Å². The Morgan fingerprint density at radius 2 is 1.65 bits per heavy atom. The normalized spacial score (nSPS) is 18.3. The van der Waals surface area contributed by atoms with Gasteiger partial charge in [0.25, 0.3) is 0 Å². The molecule has 0 aromatic heterocycles. The predicted octanol–water partition coefficient (Wildman–Crippen LogP) is 4.45. The molecule has 0 radical (unpaired) electrons. The Morgan fingerprint density at radius 3 is 2.24 bits per heavy atom. The molecule has 0 aliphatic heterocycles. The average Bonchev–Trinajstić information content (AvgIpc) is 2.61. The molecule has 1 aromatic rings. The van der Waals surface area contributed by atoms with Crippen LogP contribution in [0.25, 0.3) is 0 Å². The van der Waals surface area contributed by atoms with Gasteiger partial charge in [-0.25, -0.2) is 0 Å². The Kier molecular flexibility index (Phi) is 5.29. The van der Waals surface area contributed by atoms with Crippen molar-refractivity contribution in [2.75, 3.05) is 7.05 Å². The first-order valence-corrected chi connectivity index (χ1v) is 7.78. The fourth-order valence-electron chi connectivity index (χ4n) is 2.71. The molecular formula is C15H22IN. The Bertz CT molecular complexity index is 325. The molecular weight excluding hydrogens is 321 g/mol. The van der Waals surface area contributed by atoms with Crippen LogP contribution in [0.1, 0.15) is 44.1 Å². The van der Waals surface area contributed by atoms with Gasteiger partial charge in [0, 0.05) is 16.2 Å². The summed E-state index contributed by atoms with van der Waals surface area (Å²) in [6.07, 6.45) is 8.49. The van der Waals surface area contributed by atoms with Gasteiger partial charge >= 0.3 is 0 Å². The lowest BCUT2D eigenvalue weighted by molar-refractivity contribution is 0.213. The minimum atomic E-state index is 0.803. The highest BCUT2D eigenvalue weighted by Crippen LogP contribution is 2.22. The summed E-state index contributed by atoms with van der Waals surface area (Å²) in [5, 5.41) is 0. The summed E-state index contributed by atoms with van der Waals surface area (Å²) in [5.41, 5.74) is 1.44. The van der Waals surface area contributed by atoms with E-state index in [0.717, 1.165) is 12.6 Å². The van der Waals surface area contributed by atoms with Gasteiger partial charge in [-0.3, -0.25) is 4.90 Å². The fourth-order valence-corrected chi connectivity index (χ4v) is 3.07. The summed E-state index contributed by atoms with van der Waals surface area (Å²) in [6.45, 7) is 1.10. The van der Waals surface area contributed by atoms with Gasteiger partial charge in [-0.15, -0.1) is 0 Å². The van der Waals surface area contributed by atoms with Crippen LogP contribution in [0, 0.1) is 3.57 Å². The Labute approximate surface area is 119 Å². The van der Waals surface area contributed by atoms with Gasteiger partial charge in [-0.1, -0.05) is 37.8 Å². The highest BCUT2D eigenvalue weighted by Gasteiger charge is 2.16. The van der Waals surface area contributed by atoms with E-state index in [9.17, 15) is 0 Å². The Balaban J connectivity index is 1.90. The minimum absolute atomic E-state index is 0.803. The fraction of sp³-hybridized carbons (Fsp3) is 0.600. The van der Waals surface area contributed by atoms with Gasteiger partial charge in [0.2, 0.25) is 0 Å². The maximum absolute atomic E-state index is 2.55. The standard InChI is InChI=1S/C15H22IN/c1-17(15-6-4-2-3-5-7-15)12-13-8-10-14(16)11-9-13/h8-11,15H,2-7,12H2,1H3. The van der Waals surface area contributed by atoms with Crippen LogP contribution in [0.4, 0.5) is 0 Å². The second-order valence-electron chi connectivity index (χ2n) is 5.19. The summed E-state index contributed by atoms with van der Waals surface area (Å²) in [5.74, 6) is 0. The summed E-state index contributed by atoms with van der Waals surface area (Å²) < 4.78 is 1.32. The van der Waals surface area contributed by atoms with Crippen molar-refractivity contribution in [2.45, 2.75) is 51.1 Å². The first kappa shape index (κ1) is 13.3. The lowest BCUT2D eigenvalue weighted by atomic mass is 10.1. The molecule has 0 amide bonds. The predicted molar refractivity (Wildman–Crippen MR) is 82.1 cm³/mol. The van der Waals surface area contributed by atoms with Gasteiger partial charge in [-0.05, 0) is 60.2 Å². The van der Waals surface area contributed by atoms with Gasteiger partial charge in [0.1, 0.15) is 0 Å². The largest absolute Gasteiger partial charge is 0.299 e. The molecule has 2 rings (SSSR count). The van der Waals surface area contributed by atoms with Gasteiger partial charge in [0.15, 0.2) is 0 Å². The number of benzene rings is 1. The van der Waals surface area contributed by atoms with Crippen molar-refractivity contribution in [1.82, 2.24) is 4.90 Å². The topological polar surface area (TPSA) is 3.24 Å². The van der Waals surface area contributed by atoms with Crippen LogP contribution in [0.3, 0.4) is 0 Å². The zero-order valence-electron chi connectivity index (χ0n) is 10.7. The summed E-state index contributed by atoms with van der Waals surface area (Å²) in [7, 11) is 2.29. The molecule has 17 heavy (non-hydrogen) atoms. The third kappa shape index (κ3) is 4.25. The van der Waals surface area contributed by atoms with Crippen LogP contribution in [-0.2, 0) is 6.54 Å². The average molecular weight is 343 g/mol. The van der Waals surface area contributed by atoms with E-state index < -0.39 is 0 Å². The number of hydrogen-bond acceptors (Lipinski definition) is 1. The van der Waals surface area contributed by atoms with E-state index in [1.54, 1.807) is 0 Å². The van der Waals surface area contributed by atoms with E-state index in [-0.39, 0.29) is 0 Å². The van der Waals surface area contributed by atoms with Gasteiger partial charge in [-0.2, -0.15) is 0 Å². The van der Waals surface area contributed by atoms with Crippen LogP contribution in [-0.4, -0.2) is 18.0 Å². The highest BCUT2D eigenvalue weighted by atomic mass is 127. The molecule has 1 aromatic carbocycles. The molecule has 1 aliphatic rings. The van der Waals surface area contributed by atoms with E-state index in [1.807, 2.05) is 0 Å². The number of rotatable bonds is 3. The maximum atomic E-state index is 2.55. The summed E-state index contributed by atoms with van der Waals surface area (Å²) in [4.78, 5) is 2.55. The molecule has 94 valence electrons. The first-order chi connectivity index (χ1) is 8.25. The van der Waals surface area contributed by atoms with E-state index >= 15 is 0 Å². The molecule has 1 fully saturated rings. The zero-order chi connectivity index (χ0) is 12.1. The molecule has 1 aliphatic carbocycles. The first-order valence-electron chi connectivity index (χ1n) is 6.70. The van der Waals surface area contributed by atoms with E-state index in [2.05, 4.69) is 58.8 Å². The van der Waals surface area contributed by atoms with Crippen LogP contribution in [0.15, 0.2) is 24.3 Å². The molecule has 0 spiro atoms. The number of hydrogen-bond donors (Lipinski definition) is 0. The molecule has 1 saturated carbocycles. The van der Waals surface area contributed by atoms with Crippen LogP contribution >= 0.6 is 22.6 Å². The van der Waals surface area contributed by atoms with Crippen molar-refractivity contribution in [2.24, 2.45) is 0 Å². The summed E-state index contributed by atoms with van der Waals surface area (Å²) in [6, 6.07) is 9.73. The van der Waals surface area contributed by atoms with Crippen molar-refractivity contribution < 1.29 is 0 Å². The number of halogens is 1. The molecule has 0 atom stereocenters. The Hall–Kier alpha value is -0.0900. The van der Waals surface area contributed by atoms with Crippen molar-refractivity contribution in [3.05, 3.63) is 33.4 Å². The zero-order valence-corrected chi connectivity index (χ0v) is 12.8. The second-order valence-corrected chi connectivity index (χ2v) is 6.43. The van der Waals surface area contributed by atoms with Crippen molar-refractivity contribution in [3.63, 3.8) is 0 Å². The van der Waals surface area contributed by atoms with Crippen molar-refractivity contribution in [1.29, 1.82) is 0 Å². The van der Waals surface area contributed by atoms with Crippen molar-refractivity contribution in [3.8, 4) is 0 Å². The van der Waals surface area contributed by atoms with Crippen molar-refractivity contribution >= 4 is 22.6 Å². The highest BCUT2D eigenvalue weighted by molar-refractivity contribution is 14.1. The van der Waals surface area contributed by atoms with Gasteiger partial charge in [0.05, 0.1) is 0 Å². The minimum Gasteiger partial charge on any atom is -0.299 e. The van der Waals surface area contributed by atoms with Gasteiger partial charge < -0.3 is 0 Å². The molecule has 0 bridgehead atoms. The Morgan fingerprint density at radius 1 is 1.06 bits per heavy atom. The molecule has 2 heteroatoms. The molecule has 0 unspecified atom stereocenters. The van der Waals surface area contributed by atoms with Crippen LogP contribution < -0.4 is 0 Å². The van der Waals surface area contributed by atoms with E-state index in [0.29, 0.717) is 0 Å². The van der Waals surface area contributed by atoms with Crippen LogP contribution in [0.2, 0.25) is 0 Å². The lowest BCUT2D eigenvalue weighted by Crippen LogP contribution is -2.30. The molecule has 0 N–H and O–H groups in total. The van der Waals surface area contributed by atoms with Crippen LogP contribution in [0.5, 0.6) is 0 Å². The smallest absolute Gasteiger partial charge is 0.0233 e. The van der Waals surface area contributed by atoms with E-state index in [4.69, 9.17) is 0 Å². The second kappa shape index (κ2) is 6.74. The maximum Gasteiger partial charge on any atom is 0.0233 e. The molecule has 0 heterocycles.